The fraction of sp³-hybridized carbons (Fsp3) is 0.188. The van der Waals surface area contributed by atoms with Crippen LogP contribution in [-0.2, 0) is 11.2 Å². The molecule has 0 saturated carbocycles. The third-order valence-electron chi connectivity index (χ3n) is 2.95. The van der Waals surface area contributed by atoms with Crippen molar-refractivity contribution in [3.05, 3.63) is 59.7 Å². The van der Waals surface area contributed by atoms with Gasteiger partial charge in [-0.05, 0) is 42.3 Å². The number of benzene rings is 2. The standard InChI is InChI=1S/C16H17NO3/c1-11(18)13-5-7-14(8-6-13)17-16(20)10-12-3-2-4-15(19)9-12/h2-9,11,18-19H,10H2,1H3,(H,17,20). The zero-order valence-electron chi connectivity index (χ0n) is 11.2. The number of anilines is 1. The molecule has 0 aromatic heterocycles. The highest BCUT2D eigenvalue weighted by molar-refractivity contribution is 5.92. The third kappa shape index (κ3) is 3.83. The van der Waals surface area contributed by atoms with Crippen molar-refractivity contribution in [3.63, 3.8) is 0 Å². The first-order valence-corrected chi connectivity index (χ1v) is 6.40. The van der Waals surface area contributed by atoms with Gasteiger partial charge >= 0.3 is 0 Å². The molecule has 1 atom stereocenters. The Labute approximate surface area is 117 Å². The predicted octanol–water partition coefficient (Wildman–Crippen LogP) is 2.63. The molecule has 0 radical (unpaired) electrons. The summed E-state index contributed by atoms with van der Waals surface area (Å²) >= 11 is 0. The van der Waals surface area contributed by atoms with E-state index in [0.29, 0.717) is 5.69 Å². The molecule has 0 bridgehead atoms. The molecule has 0 spiro atoms. The molecule has 0 saturated heterocycles. The molecule has 0 aliphatic carbocycles. The van der Waals surface area contributed by atoms with Crippen molar-refractivity contribution in [2.24, 2.45) is 0 Å². The number of aliphatic hydroxyl groups excluding tert-OH is 1. The molecule has 0 aliphatic rings. The lowest BCUT2D eigenvalue weighted by Gasteiger charge is -2.08. The monoisotopic (exact) mass is 271 g/mol. The van der Waals surface area contributed by atoms with E-state index in [1.165, 1.54) is 0 Å². The molecule has 1 amide bonds. The van der Waals surface area contributed by atoms with E-state index >= 15 is 0 Å². The van der Waals surface area contributed by atoms with Gasteiger partial charge < -0.3 is 15.5 Å². The summed E-state index contributed by atoms with van der Waals surface area (Å²) in [6.07, 6.45) is -0.320. The Balaban J connectivity index is 1.97. The Bertz CT molecular complexity index is 591. The highest BCUT2D eigenvalue weighted by Gasteiger charge is 2.06. The van der Waals surface area contributed by atoms with Crippen LogP contribution in [0.5, 0.6) is 5.75 Å². The molecule has 2 aromatic rings. The van der Waals surface area contributed by atoms with E-state index in [-0.39, 0.29) is 18.1 Å². The van der Waals surface area contributed by atoms with Crippen LogP contribution in [0.1, 0.15) is 24.2 Å². The summed E-state index contributed by atoms with van der Waals surface area (Å²) in [6.45, 7) is 1.69. The van der Waals surface area contributed by atoms with Crippen molar-refractivity contribution < 1.29 is 15.0 Å². The molecule has 104 valence electrons. The molecule has 1 unspecified atom stereocenters. The van der Waals surface area contributed by atoms with Crippen LogP contribution in [0.2, 0.25) is 0 Å². The van der Waals surface area contributed by atoms with Gasteiger partial charge in [-0.15, -0.1) is 0 Å². The first-order chi connectivity index (χ1) is 9.54. The molecular weight excluding hydrogens is 254 g/mol. The Morgan fingerprint density at radius 3 is 2.50 bits per heavy atom. The van der Waals surface area contributed by atoms with Gasteiger partial charge in [0.2, 0.25) is 5.91 Å². The van der Waals surface area contributed by atoms with Gasteiger partial charge in [0.15, 0.2) is 0 Å². The number of carbonyl (C=O) groups excluding carboxylic acids is 1. The lowest BCUT2D eigenvalue weighted by Crippen LogP contribution is -2.14. The minimum Gasteiger partial charge on any atom is -0.508 e. The minimum atomic E-state index is -0.521. The zero-order chi connectivity index (χ0) is 14.5. The van der Waals surface area contributed by atoms with Gasteiger partial charge in [0.1, 0.15) is 5.75 Å². The van der Waals surface area contributed by atoms with Crippen LogP contribution < -0.4 is 5.32 Å². The van der Waals surface area contributed by atoms with Gasteiger partial charge in [-0.25, -0.2) is 0 Å². The summed E-state index contributed by atoms with van der Waals surface area (Å²) < 4.78 is 0. The van der Waals surface area contributed by atoms with Crippen molar-refractivity contribution in [1.82, 2.24) is 0 Å². The van der Waals surface area contributed by atoms with Gasteiger partial charge in [-0.2, -0.15) is 0 Å². The highest BCUT2D eigenvalue weighted by atomic mass is 16.3. The Hall–Kier alpha value is -2.33. The molecule has 4 heteroatoms. The number of amides is 1. The van der Waals surface area contributed by atoms with E-state index < -0.39 is 6.10 Å². The van der Waals surface area contributed by atoms with Crippen molar-refractivity contribution in [3.8, 4) is 5.75 Å². The second-order valence-electron chi connectivity index (χ2n) is 4.69. The van der Waals surface area contributed by atoms with Gasteiger partial charge in [0.25, 0.3) is 0 Å². The molecule has 20 heavy (non-hydrogen) atoms. The number of hydrogen-bond donors (Lipinski definition) is 3. The Morgan fingerprint density at radius 1 is 1.20 bits per heavy atom. The number of carbonyl (C=O) groups is 1. The van der Waals surface area contributed by atoms with Crippen molar-refractivity contribution >= 4 is 11.6 Å². The molecule has 2 aromatic carbocycles. The summed E-state index contributed by atoms with van der Waals surface area (Å²) in [7, 11) is 0. The van der Waals surface area contributed by atoms with Crippen LogP contribution in [0, 0.1) is 0 Å². The minimum absolute atomic E-state index is 0.150. The van der Waals surface area contributed by atoms with Crippen LogP contribution in [0.15, 0.2) is 48.5 Å². The number of phenolic OH excluding ortho intramolecular Hbond substituents is 1. The van der Waals surface area contributed by atoms with Crippen LogP contribution in [0.25, 0.3) is 0 Å². The van der Waals surface area contributed by atoms with Crippen LogP contribution in [0.3, 0.4) is 0 Å². The largest absolute Gasteiger partial charge is 0.508 e. The van der Waals surface area contributed by atoms with Crippen LogP contribution in [0.4, 0.5) is 5.69 Å². The maximum absolute atomic E-state index is 11.9. The average Bonchev–Trinajstić information content (AvgIpc) is 2.39. The molecule has 2 rings (SSSR count). The van der Waals surface area contributed by atoms with Gasteiger partial charge in [0, 0.05) is 5.69 Å². The Morgan fingerprint density at radius 2 is 1.90 bits per heavy atom. The van der Waals surface area contributed by atoms with Crippen LogP contribution >= 0.6 is 0 Å². The Kier molecular flexibility index (Phi) is 4.38. The van der Waals surface area contributed by atoms with Gasteiger partial charge in [-0.1, -0.05) is 24.3 Å². The lowest BCUT2D eigenvalue weighted by molar-refractivity contribution is -0.115. The molecule has 3 N–H and O–H groups in total. The molecule has 0 heterocycles. The maximum Gasteiger partial charge on any atom is 0.228 e. The summed E-state index contributed by atoms with van der Waals surface area (Å²) in [5.41, 5.74) is 2.23. The number of aromatic hydroxyl groups is 1. The SMILES string of the molecule is CC(O)c1ccc(NC(=O)Cc2cccc(O)c2)cc1. The average molecular weight is 271 g/mol. The first-order valence-electron chi connectivity index (χ1n) is 6.40. The molecule has 0 fully saturated rings. The second kappa shape index (κ2) is 6.21. The maximum atomic E-state index is 11.9. The second-order valence-corrected chi connectivity index (χ2v) is 4.69. The smallest absolute Gasteiger partial charge is 0.228 e. The highest BCUT2D eigenvalue weighted by Crippen LogP contribution is 2.16. The number of aliphatic hydroxyl groups is 1. The quantitative estimate of drug-likeness (QED) is 0.800. The van der Waals surface area contributed by atoms with E-state index in [1.54, 1.807) is 55.5 Å². The van der Waals surface area contributed by atoms with E-state index in [0.717, 1.165) is 11.1 Å². The van der Waals surface area contributed by atoms with E-state index in [2.05, 4.69) is 5.32 Å². The summed E-state index contributed by atoms with van der Waals surface area (Å²) in [4.78, 5) is 11.9. The number of rotatable bonds is 4. The first kappa shape index (κ1) is 14.1. The molecular formula is C16H17NO3. The number of hydrogen-bond acceptors (Lipinski definition) is 3. The van der Waals surface area contributed by atoms with E-state index in [9.17, 15) is 15.0 Å². The predicted molar refractivity (Wildman–Crippen MR) is 77.5 cm³/mol. The van der Waals surface area contributed by atoms with E-state index in [1.807, 2.05) is 0 Å². The van der Waals surface area contributed by atoms with Crippen molar-refractivity contribution in [2.75, 3.05) is 5.32 Å². The molecule has 4 nitrogen and oxygen atoms in total. The lowest BCUT2D eigenvalue weighted by atomic mass is 10.1. The van der Waals surface area contributed by atoms with Gasteiger partial charge in [-0.3, -0.25) is 4.79 Å². The summed E-state index contributed by atoms with van der Waals surface area (Å²) in [5.74, 6) is -0.00279. The van der Waals surface area contributed by atoms with Crippen molar-refractivity contribution in [1.29, 1.82) is 0 Å². The normalized spacial score (nSPS) is 11.9. The number of phenols is 1. The zero-order valence-corrected chi connectivity index (χ0v) is 11.2. The van der Waals surface area contributed by atoms with Crippen LogP contribution in [-0.4, -0.2) is 16.1 Å². The van der Waals surface area contributed by atoms with E-state index in [4.69, 9.17) is 0 Å². The summed E-state index contributed by atoms with van der Waals surface area (Å²) in [5, 5.41) is 21.5. The van der Waals surface area contributed by atoms with Crippen molar-refractivity contribution in [2.45, 2.75) is 19.4 Å². The fourth-order valence-electron chi connectivity index (χ4n) is 1.90. The third-order valence-corrected chi connectivity index (χ3v) is 2.95. The number of nitrogens with one attached hydrogen (secondary N) is 1. The topological polar surface area (TPSA) is 69.6 Å². The fourth-order valence-corrected chi connectivity index (χ4v) is 1.90. The summed E-state index contributed by atoms with van der Waals surface area (Å²) in [6, 6.07) is 13.7. The van der Waals surface area contributed by atoms with Gasteiger partial charge in [0.05, 0.1) is 12.5 Å². The molecule has 0 aliphatic heterocycles.